The van der Waals surface area contributed by atoms with Crippen molar-refractivity contribution in [2.24, 2.45) is 0 Å². The van der Waals surface area contributed by atoms with E-state index in [-0.39, 0.29) is 10.8 Å². The van der Waals surface area contributed by atoms with Crippen molar-refractivity contribution >= 4 is 15.7 Å². The second-order valence-electron chi connectivity index (χ2n) is 6.90. The van der Waals surface area contributed by atoms with Crippen LogP contribution in [0.4, 0.5) is 0 Å². The molecular weight excluding hydrogens is 406 g/mol. The van der Waals surface area contributed by atoms with E-state index in [1.54, 1.807) is 55.3 Å². The third-order valence-electron chi connectivity index (χ3n) is 4.39. The average Bonchev–Trinajstić information content (AvgIpc) is 3.16. The van der Waals surface area contributed by atoms with Gasteiger partial charge in [-0.05, 0) is 55.8 Å². The molecule has 0 aliphatic carbocycles. The smallest absolute Gasteiger partial charge is 0.257 e. The molecule has 0 atom stereocenters. The van der Waals surface area contributed by atoms with E-state index in [9.17, 15) is 13.2 Å². The maximum Gasteiger partial charge on any atom is 0.257 e. The molecule has 9 heteroatoms. The molecule has 3 rings (SSSR count). The van der Waals surface area contributed by atoms with Crippen LogP contribution in [-0.2, 0) is 9.84 Å². The Morgan fingerprint density at radius 3 is 2.53 bits per heavy atom. The van der Waals surface area contributed by atoms with Crippen LogP contribution in [0.25, 0.3) is 11.5 Å². The van der Waals surface area contributed by atoms with Gasteiger partial charge in [-0.1, -0.05) is 11.2 Å². The van der Waals surface area contributed by atoms with E-state index in [4.69, 9.17) is 9.26 Å². The largest absolute Gasteiger partial charge is 0.493 e. The fourth-order valence-corrected chi connectivity index (χ4v) is 3.43. The van der Waals surface area contributed by atoms with Crippen molar-refractivity contribution in [3.8, 4) is 17.2 Å². The van der Waals surface area contributed by atoms with Crippen LogP contribution in [-0.4, -0.2) is 55.8 Å². The normalized spacial score (nSPS) is 11.3. The summed E-state index contributed by atoms with van der Waals surface area (Å²) in [5.74, 6) is 1.34. The molecule has 1 amide bonds. The molecule has 0 saturated carbocycles. The Morgan fingerprint density at radius 2 is 1.90 bits per heavy atom. The number of hydrogen-bond acceptors (Lipinski definition) is 7. The van der Waals surface area contributed by atoms with E-state index in [1.165, 1.54) is 12.1 Å². The molecule has 0 N–H and O–H groups in total. The molecule has 1 aromatic heterocycles. The summed E-state index contributed by atoms with van der Waals surface area (Å²) < 4.78 is 34.0. The molecule has 0 fully saturated rings. The standard InChI is InChI=1S/C21H23N3O5S/c1-15-22-20(29-23-15)16-8-10-17(11-9-16)21(25)24(2)12-5-13-28-18-6-4-7-19(14-18)30(3,26)27/h4,6-11,14H,5,12-13H2,1-3H3. The number of benzene rings is 2. The van der Waals surface area contributed by atoms with Gasteiger partial charge in [0, 0.05) is 31.0 Å². The zero-order chi connectivity index (χ0) is 21.7. The first kappa shape index (κ1) is 21.5. The van der Waals surface area contributed by atoms with Gasteiger partial charge in [-0.25, -0.2) is 8.42 Å². The van der Waals surface area contributed by atoms with Crippen LogP contribution in [0.5, 0.6) is 5.75 Å². The molecule has 0 radical (unpaired) electrons. The molecule has 0 aliphatic heterocycles. The van der Waals surface area contributed by atoms with Gasteiger partial charge in [0.05, 0.1) is 11.5 Å². The van der Waals surface area contributed by atoms with Crippen molar-refractivity contribution in [2.75, 3.05) is 26.5 Å². The summed E-state index contributed by atoms with van der Waals surface area (Å²) in [6, 6.07) is 13.4. The predicted octanol–water partition coefficient (Wildman–Crippen LogP) is 2.99. The van der Waals surface area contributed by atoms with Crippen LogP contribution in [0.3, 0.4) is 0 Å². The van der Waals surface area contributed by atoms with Crippen LogP contribution in [0.15, 0.2) is 57.9 Å². The van der Waals surface area contributed by atoms with Gasteiger partial charge in [-0.15, -0.1) is 0 Å². The van der Waals surface area contributed by atoms with Crippen LogP contribution < -0.4 is 4.74 Å². The maximum absolute atomic E-state index is 12.6. The topological polar surface area (TPSA) is 103 Å². The summed E-state index contributed by atoms with van der Waals surface area (Å²) in [5.41, 5.74) is 1.30. The van der Waals surface area contributed by atoms with Gasteiger partial charge in [0.25, 0.3) is 11.8 Å². The van der Waals surface area contributed by atoms with Gasteiger partial charge in [0.2, 0.25) is 0 Å². The Kier molecular flexibility index (Phi) is 6.51. The van der Waals surface area contributed by atoms with Crippen molar-refractivity contribution < 1.29 is 22.5 Å². The molecule has 30 heavy (non-hydrogen) atoms. The quantitative estimate of drug-likeness (QED) is 0.507. The molecular formula is C21H23N3O5S. The zero-order valence-electron chi connectivity index (χ0n) is 17.0. The van der Waals surface area contributed by atoms with Gasteiger partial charge >= 0.3 is 0 Å². The molecule has 158 valence electrons. The highest BCUT2D eigenvalue weighted by Crippen LogP contribution is 2.19. The molecule has 0 unspecified atom stereocenters. The maximum atomic E-state index is 12.6. The Balaban J connectivity index is 1.50. The number of nitrogens with zero attached hydrogens (tertiary/aromatic N) is 3. The molecule has 1 heterocycles. The highest BCUT2D eigenvalue weighted by molar-refractivity contribution is 7.90. The fourth-order valence-electron chi connectivity index (χ4n) is 2.78. The van der Waals surface area contributed by atoms with Gasteiger partial charge in [0.1, 0.15) is 5.75 Å². The second-order valence-corrected chi connectivity index (χ2v) is 8.92. The summed E-state index contributed by atoms with van der Waals surface area (Å²) >= 11 is 0. The van der Waals surface area contributed by atoms with E-state index in [2.05, 4.69) is 10.1 Å². The number of aryl methyl sites for hydroxylation is 1. The van der Waals surface area contributed by atoms with Gasteiger partial charge in [-0.3, -0.25) is 4.79 Å². The van der Waals surface area contributed by atoms with Crippen molar-refractivity contribution in [3.05, 3.63) is 59.9 Å². The number of hydrogen-bond donors (Lipinski definition) is 0. The number of amides is 1. The third-order valence-corrected chi connectivity index (χ3v) is 5.50. The average molecular weight is 429 g/mol. The second kappa shape index (κ2) is 9.08. The first-order valence-corrected chi connectivity index (χ1v) is 11.2. The monoisotopic (exact) mass is 429 g/mol. The Labute approximate surface area is 175 Å². The van der Waals surface area contributed by atoms with Crippen molar-refractivity contribution in [1.82, 2.24) is 15.0 Å². The minimum atomic E-state index is -3.28. The van der Waals surface area contributed by atoms with Crippen molar-refractivity contribution in [3.63, 3.8) is 0 Å². The molecule has 8 nitrogen and oxygen atoms in total. The summed E-state index contributed by atoms with van der Waals surface area (Å²) in [4.78, 5) is 18.6. The number of rotatable bonds is 8. The minimum Gasteiger partial charge on any atom is -0.493 e. The zero-order valence-corrected chi connectivity index (χ0v) is 17.8. The summed E-state index contributed by atoms with van der Waals surface area (Å²) in [6.07, 6.45) is 1.76. The Bertz CT molecular complexity index is 1120. The van der Waals surface area contributed by atoms with E-state index < -0.39 is 9.84 Å². The number of ether oxygens (including phenoxy) is 1. The lowest BCUT2D eigenvalue weighted by Gasteiger charge is -2.17. The van der Waals surface area contributed by atoms with Crippen LogP contribution >= 0.6 is 0 Å². The van der Waals surface area contributed by atoms with E-state index in [0.29, 0.717) is 42.6 Å². The van der Waals surface area contributed by atoms with Crippen LogP contribution in [0, 0.1) is 6.92 Å². The molecule has 0 bridgehead atoms. The summed E-state index contributed by atoms with van der Waals surface area (Å²) in [6.45, 7) is 2.60. The lowest BCUT2D eigenvalue weighted by molar-refractivity contribution is 0.0788. The number of aromatic nitrogens is 2. The molecule has 0 spiro atoms. The molecule has 0 saturated heterocycles. The van der Waals surface area contributed by atoms with Crippen LogP contribution in [0.1, 0.15) is 22.6 Å². The SMILES string of the molecule is Cc1noc(-c2ccc(C(=O)N(C)CCCOc3cccc(S(C)(=O)=O)c3)cc2)n1. The predicted molar refractivity (Wildman–Crippen MR) is 111 cm³/mol. The summed E-state index contributed by atoms with van der Waals surface area (Å²) in [5, 5.41) is 3.76. The van der Waals surface area contributed by atoms with E-state index in [0.717, 1.165) is 11.8 Å². The fraction of sp³-hybridized carbons (Fsp3) is 0.286. The number of carbonyl (C=O) groups excluding carboxylic acids is 1. The lowest BCUT2D eigenvalue weighted by Crippen LogP contribution is -2.28. The first-order chi connectivity index (χ1) is 14.2. The first-order valence-electron chi connectivity index (χ1n) is 9.33. The third kappa shape index (κ3) is 5.44. The number of carbonyl (C=O) groups is 1. The highest BCUT2D eigenvalue weighted by Gasteiger charge is 2.13. The van der Waals surface area contributed by atoms with E-state index in [1.807, 2.05) is 0 Å². The van der Waals surface area contributed by atoms with Gasteiger partial charge in [-0.2, -0.15) is 4.98 Å². The number of sulfone groups is 1. The van der Waals surface area contributed by atoms with Gasteiger partial charge < -0.3 is 14.2 Å². The highest BCUT2D eigenvalue weighted by atomic mass is 32.2. The Hall–Kier alpha value is -3.20. The minimum absolute atomic E-state index is 0.109. The van der Waals surface area contributed by atoms with E-state index >= 15 is 0 Å². The molecule has 0 aliphatic rings. The van der Waals surface area contributed by atoms with Crippen molar-refractivity contribution in [1.29, 1.82) is 0 Å². The summed E-state index contributed by atoms with van der Waals surface area (Å²) in [7, 11) is -1.55. The van der Waals surface area contributed by atoms with Crippen molar-refractivity contribution in [2.45, 2.75) is 18.2 Å². The molecule has 3 aromatic rings. The lowest BCUT2D eigenvalue weighted by atomic mass is 10.1. The van der Waals surface area contributed by atoms with Gasteiger partial charge in [0.15, 0.2) is 15.7 Å². The molecule has 2 aromatic carbocycles. The Morgan fingerprint density at radius 1 is 1.17 bits per heavy atom. The van der Waals surface area contributed by atoms with Crippen LogP contribution in [0.2, 0.25) is 0 Å².